The van der Waals surface area contributed by atoms with Crippen LogP contribution in [0.1, 0.15) is 30.4 Å². The lowest BCUT2D eigenvalue weighted by atomic mass is 10.1. The van der Waals surface area contributed by atoms with Gasteiger partial charge >= 0.3 is 5.97 Å². The van der Waals surface area contributed by atoms with Crippen LogP contribution in [-0.4, -0.2) is 21.0 Å². The molecule has 0 bridgehead atoms. The van der Waals surface area contributed by atoms with Crippen LogP contribution in [0.5, 0.6) is 0 Å². The van der Waals surface area contributed by atoms with Crippen molar-refractivity contribution in [2.75, 3.05) is 5.75 Å². The molecule has 0 amide bonds. The Morgan fingerprint density at radius 3 is 2.70 bits per heavy atom. The van der Waals surface area contributed by atoms with Crippen molar-refractivity contribution in [1.29, 1.82) is 5.26 Å². The first-order valence-electron chi connectivity index (χ1n) is 6.19. The number of hydrogen-bond acceptors (Lipinski definition) is 3. The van der Waals surface area contributed by atoms with Crippen molar-refractivity contribution in [2.24, 2.45) is 5.41 Å². The fraction of sp³-hybridized carbons (Fsp3) is 0.429. The summed E-state index contributed by atoms with van der Waals surface area (Å²) in [4.78, 5) is 10.8. The van der Waals surface area contributed by atoms with Crippen molar-refractivity contribution in [1.82, 2.24) is 0 Å². The van der Waals surface area contributed by atoms with Gasteiger partial charge in [0.05, 0.1) is 23.8 Å². The van der Waals surface area contributed by atoms with Crippen LogP contribution >= 0.6 is 11.6 Å². The molecule has 0 radical (unpaired) electrons. The summed E-state index contributed by atoms with van der Waals surface area (Å²) in [6.45, 7) is 0. The maximum atomic E-state index is 12.2. The Morgan fingerprint density at radius 1 is 1.50 bits per heavy atom. The van der Waals surface area contributed by atoms with Gasteiger partial charge in [-0.3, -0.25) is 9.00 Å². The van der Waals surface area contributed by atoms with Gasteiger partial charge in [-0.25, -0.2) is 0 Å². The van der Waals surface area contributed by atoms with Gasteiger partial charge in [-0.1, -0.05) is 17.7 Å². The van der Waals surface area contributed by atoms with Gasteiger partial charge in [0.2, 0.25) is 0 Å². The fourth-order valence-corrected chi connectivity index (χ4v) is 4.27. The minimum atomic E-state index is -1.14. The summed E-state index contributed by atoms with van der Waals surface area (Å²) in [5.74, 6) is -0.141. The second kappa shape index (κ2) is 5.94. The predicted molar refractivity (Wildman–Crippen MR) is 76.8 cm³/mol. The van der Waals surface area contributed by atoms with Gasteiger partial charge in [-0.2, -0.15) is 5.26 Å². The van der Waals surface area contributed by atoms with Crippen LogP contribution in [0.25, 0.3) is 0 Å². The lowest BCUT2D eigenvalue weighted by Crippen LogP contribution is -2.17. The molecule has 1 aliphatic rings. The lowest BCUT2D eigenvalue weighted by molar-refractivity contribution is -0.138. The van der Waals surface area contributed by atoms with Gasteiger partial charge in [0.15, 0.2) is 0 Å². The average Bonchev–Trinajstić information content (AvgIpc) is 3.09. The topological polar surface area (TPSA) is 78.2 Å². The third-order valence-corrected chi connectivity index (χ3v) is 5.37. The maximum absolute atomic E-state index is 12.2. The molecule has 0 saturated heterocycles. The van der Waals surface area contributed by atoms with Crippen molar-refractivity contribution < 1.29 is 14.1 Å². The van der Waals surface area contributed by atoms with Crippen molar-refractivity contribution in [3.8, 4) is 6.07 Å². The lowest BCUT2D eigenvalue weighted by Gasteiger charge is -2.12. The molecule has 1 aliphatic carbocycles. The number of carbonyl (C=O) groups is 1. The molecule has 1 saturated carbocycles. The van der Waals surface area contributed by atoms with E-state index in [1.165, 1.54) is 0 Å². The van der Waals surface area contributed by atoms with E-state index in [2.05, 4.69) is 0 Å². The van der Waals surface area contributed by atoms with Gasteiger partial charge in [-0.15, -0.1) is 0 Å². The van der Waals surface area contributed by atoms with Crippen molar-refractivity contribution in [3.63, 3.8) is 0 Å². The molecule has 0 aliphatic heterocycles. The summed E-state index contributed by atoms with van der Waals surface area (Å²) < 4.78 is 12.2. The van der Waals surface area contributed by atoms with E-state index >= 15 is 0 Å². The SMILES string of the molecule is N#Cc1ccc(CS(=O)CC2(CC(=O)O)CC2)c(Cl)c1. The highest BCUT2D eigenvalue weighted by atomic mass is 35.5. The molecular formula is C14H14ClNO3S. The second-order valence-corrected chi connectivity index (χ2v) is 7.08. The zero-order valence-corrected chi connectivity index (χ0v) is 12.3. The van der Waals surface area contributed by atoms with Crippen LogP contribution in [0, 0.1) is 16.7 Å². The van der Waals surface area contributed by atoms with Crippen LogP contribution in [0.2, 0.25) is 5.02 Å². The van der Waals surface area contributed by atoms with E-state index in [0.717, 1.165) is 18.4 Å². The Hall–Kier alpha value is -1.38. The molecule has 1 N–H and O–H groups in total. The number of aliphatic carboxylic acids is 1. The van der Waals surface area contributed by atoms with Gasteiger partial charge in [0, 0.05) is 21.6 Å². The zero-order valence-electron chi connectivity index (χ0n) is 10.8. The van der Waals surface area contributed by atoms with Gasteiger partial charge in [-0.05, 0) is 36.0 Å². The zero-order chi connectivity index (χ0) is 14.8. The number of carboxylic acid groups (broad SMARTS) is 1. The number of carboxylic acids is 1. The van der Waals surface area contributed by atoms with Crippen LogP contribution < -0.4 is 0 Å². The first-order chi connectivity index (χ1) is 9.44. The highest BCUT2D eigenvalue weighted by Crippen LogP contribution is 2.49. The Bertz CT molecular complexity index is 605. The monoisotopic (exact) mass is 311 g/mol. The van der Waals surface area contributed by atoms with Crippen LogP contribution in [0.3, 0.4) is 0 Å². The molecule has 1 atom stereocenters. The van der Waals surface area contributed by atoms with Gasteiger partial charge in [0.1, 0.15) is 0 Å². The Labute approximate surface area is 124 Å². The average molecular weight is 312 g/mol. The fourth-order valence-electron chi connectivity index (χ4n) is 2.17. The quantitative estimate of drug-likeness (QED) is 0.876. The molecule has 0 spiro atoms. The standard InChI is InChI=1S/C14H14ClNO3S/c15-12-5-10(7-16)1-2-11(12)8-20(19)9-14(3-4-14)6-13(17)18/h1-2,5H,3-4,6,8-9H2,(H,17,18). The van der Waals surface area contributed by atoms with Crippen molar-refractivity contribution >= 4 is 28.4 Å². The highest BCUT2D eigenvalue weighted by molar-refractivity contribution is 7.84. The number of nitrogens with zero attached hydrogens (tertiary/aromatic N) is 1. The van der Waals surface area contributed by atoms with E-state index in [-0.39, 0.29) is 11.8 Å². The van der Waals surface area contributed by atoms with Crippen LogP contribution in [0.4, 0.5) is 0 Å². The third-order valence-electron chi connectivity index (χ3n) is 3.45. The molecular weight excluding hydrogens is 298 g/mol. The summed E-state index contributed by atoms with van der Waals surface area (Å²) in [6.07, 6.45) is 1.73. The Morgan fingerprint density at radius 2 is 2.20 bits per heavy atom. The summed E-state index contributed by atoms with van der Waals surface area (Å²) >= 11 is 6.04. The van der Waals surface area contributed by atoms with E-state index < -0.39 is 16.8 Å². The summed E-state index contributed by atoms with van der Waals surface area (Å²) in [7, 11) is -1.14. The smallest absolute Gasteiger partial charge is 0.303 e. The summed E-state index contributed by atoms with van der Waals surface area (Å²) in [5, 5.41) is 18.0. The van der Waals surface area contributed by atoms with Crippen molar-refractivity contribution in [2.45, 2.75) is 25.0 Å². The number of rotatable bonds is 6. The van der Waals surface area contributed by atoms with E-state index in [9.17, 15) is 9.00 Å². The first-order valence-corrected chi connectivity index (χ1v) is 8.06. The molecule has 20 heavy (non-hydrogen) atoms. The van der Waals surface area contributed by atoms with Crippen molar-refractivity contribution in [3.05, 3.63) is 34.3 Å². The van der Waals surface area contributed by atoms with E-state index in [0.29, 0.717) is 22.1 Å². The van der Waals surface area contributed by atoms with Gasteiger partial charge < -0.3 is 5.11 Å². The Kier molecular flexibility index (Phi) is 4.46. The summed E-state index contributed by atoms with van der Waals surface area (Å²) in [5.41, 5.74) is 0.916. The van der Waals surface area contributed by atoms with E-state index in [4.69, 9.17) is 22.0 Å². The Balaban J connectivity index is 1.99. The maximum Gasteiger partial charge on any atom is 0.303 e. The number of hydrogen-bond donors (Lipinski definition) is 1. The normalized spacial score (nSPS) is 17.2. The molecule has 1 unspecified atom stereocenters. The second-order valence-electron chi connectivity index (χ2n) is 5.22. The van der Waals surface area contributed by atoms with Crippen LogP contribution in [0.15, 0.2) is 18.2 Å². The minimum absolute atomic E-state index is 0.0832. The molecule has 0 aromatic heterocycles. The first kappa shape index (κ1) is 15.0. The molecule has 106 valence electrons. The van der Waals surface area contributed by atoms with E-state index in [1.54, 1.807) is 18.2 Å². The highest BCUT2D eigenvalue weighted by Gasteiger charge is 2.45. The molecule has 0 heterocycles. The van der Waals surface area contributed by atoms with Crippen LogP contribution in [-0.2, 0) is 21.3 Å². The number of halogens is 1. The molecule has 1 aromatic rings. The molecule has 1 aromatic carbocycles. The molecule has 6 heteroatoms. The molecule has 4 nitrogen and oxygen atoms in total. The number of benzene rings is 1. The molecule has 2 rings (SSSR count). The minimum Gasteiger partial charge on any atom is -0.481 e. The predicted octanol–water partition coefficient (Wildman–Crippen LogP) is 2.72. The van der Waals surface area contributed by atoms with E-state index in [1.807, 2.05) is 6.07 Å². The number of nitriles is 1. The molecule has 1 fully saturated rings. The third kappa shape index (κ3) is 3.81. The summed E-state index contributed by atoms with van der Waals surface area (Å²) in [6, 6.07) is 6.89. The van der Waals surface area contributed by atoms with Gasteiger partial charge in [0.25, 0.3) is 0 Å². The largest absolute Gasteiger partial charge is 0.481 e.